The number of H-pyrrole nitrogens is 1. The first-order valence-corrected chi connectivity index (χ1v) is 5.34. The molecule has 0 aliphatic rings. The normalized spacial score (nSPS) is 13.6. The number of hydrogen-bond donors (Lipinski definition) is 3. The van der Waals surface area contributed by atoms with Crippen molar-refractivity contribution in [3.05, 3.63) is 11.3 Å². The average molecular weight is 224 g/mol. The Morgan fingerprint density at radius 2 is 2.06 bits per heavy atom. The summed E-state index contributed by atoms with van der Waals surface area (Å²) in [5.74, 6) is 0.0716. The molecule has 0 bridgehead atoms. The standard InChI is InChI=1S/C11H20N4O/c1-6-8(9(12)15-14-6)10(16)13-7(2)11(3,4)5/h7H,1-5H3,(H,13,16)(H3,12,14,15). The van der Waals surface area contributed by atoms with Gasteiger partial charge in [0.2, 0.25) is 0 Å². The van der Waals surface area contributed by atoms with Gasteiger partial charge in [-0.1, -0.05) is 20.8 Å². The Morgan fingerprint density at radius 1 is 1.50 bits per heavy atom. The Labute approximate surface area is 95.8 Å². The fourth-order valence-corrected chi connectivity index (χ4v) is 1.22. The van der Waals surface area contributed by atoms with Crippen LogP contribution in [0.2, 0.25) is 0 Å². The van der Waals surface area contributed by atoms with E-state index >= 15 is 0 Å². The summed E-state index contributed by atoms with van der Waals surface area (Å²) in [6.45, 7) is 9.97. The predicted molar refractivity (Wildman–Crippen MR) is 64.1 cm³/mol. The number of nitrogen functional groups attached to an aromatic ring is 1. The van der Waals surface area contributed by atoms with Gasteiger partial charge in [0, 0.05) is 11.7 Å². The Bertz CT molecular complexity index is 370. The average Bonchev–Trinajstić information content (AvgIpc) is 2.44. The number of nitrogens with two attached hydrogens (primary N) is 1. The van der Waals surface area contributed by atoms with Gasteiger partial charge in [0.05, 0.1) is 0 Å². The molecule has 0 aromatic carbocycles. The Morgan fingerprint density at radius 3 is 2.44 bits per heavy atom. The number of nitrogens with zero attached hydrogens (tertiary/aromatic N) is 1. The highest BCUT2D eigenvalue weighted by atomic mass is 16.1. The Hall–Kier alpha value is -1.52. The van der Waals surface area contributed by atoms with Crippen molar-refractivity contribution in [2.75, 3.05) is 5.73 Å². The molecule has 0 aliphatic carbocycles. The summed E-state index contributed by atoms with van der Waals surface area (Å²) in [5.41, 5.74) is 6.77. The lowest BCUT2D eigenvalue weighted by molar-refractivity contribution is 0.0910. The third-order valence-corrected chi connectivity index (χ3v) is 2.85. The number of anilines is 1. The molecule has 16 heavy (non-hydrogen) atoms. The molecular weight excluding hydrogens is 204 g/mol. The molecule has 1 amide bonds. The first kappa shape index (κ1) is 12.5. The molecule has 1 aromatic heterocycles. The van der Waals surface area contributed by atoms with Gasteiger partial charge in [0.15, 0.2) is 5.82 Å². The molecule has 5 nitrogen and oxygen atoms in total. The van der Waals surface area contributed by atoms with Gasteiger partial charge in [-0.15, -0.1) is 0 Å². The van der Waals surface area contributed by atoms with E-state index in [0.717, 1.165) is 0 Å². The van der Waals surface area contributed by atoms with E-state index in [2.05, 4.69) is 36.3 Å². The summed E-state index contributed by atoms with van der Waals surface area (Å²) in [5, 5.41) is 9.42. The number of aromatic nitrogens is 2. The van der Waals surface area contributed by atoms with Crippen LogP contribution in [0.1, 0.15) is 43.7 Å². The van der Waals surface area contributed by atoms with E-state index in [1.807, 2.05) is 6.92 Å². The summed E-state index contributed by atoms with van der Waals surface area (Å²) in [6, 6.07) is 0.0636. The van der Waals surface area contributed by atoms with Gasteiger partial charge >= 0.3 is 0 Å². The van der Waals surface area contributed by atoms with E-state index in [9.17, 15) is 4.79 Å². The number of carbonyl (C=O) groups is 1. The molecule has 1 rings (SSSR count). The van der Waals surface area contributed by atoms with E-state index in [0.29, 0.717) is 11.3 Å². The fourth-order valence-electron chi connectivity index (χ4n) is 1.22. The van der Waals surface area contributed by atoms with E-state index in [1.54, 1.807) is 6.92 Å². The Balaban J connectivity index is 2.82. The quantitative estimate of drug-likeness (QED) is 0.711. The van der Waals surface area contributed by atoms with Crippen molar-refractivity contribution in [2.24, 2.45) is 5.41 Å². The van der Waals surface area contributed by atoms with Gasteiger partial charge in [-0.3, -0.25) is 9.89 Å². The maximum atomic E-state index is 12.0. The summed E-state index contributed by atoms with van der Waals surface area (Å²) >= 11 is 0. The highest BCUT2D eigenvalue weighted by molar-refractivity contribution is 5.99. The SMILES string of the molecule is Cc1[nH]nc(N)c1C(=O)NC(C)C(C)(C)C. The molecule has 0 radical (unpaired) electrons. The smallest absolute Gasteiger partial charge is 0.257 e. The van der Waals surface area contributed by atoms with Gasteiger partial charge in [-0.05, 0) is 19.3 Å². The van der Waals surface area contributed by atoms with Crippen LogP contribution >= 0.6 is 0 Å². The molecule has 1 unspecified atom stereocenters. The van der Waals surface area contributed by atoms with Gasteiger partial charge in [0.25, 0.3) is 5.91 Å². The fraction of sp³-hybridized carbons (Fsp3) is 0.636. The van der Waals surface area contributed by atoms with Crippen LogP contribution in [0.5, 0.6) is 0 Å². The van der Waals surface area contributed by atoms with Crippen molar-refractivity contribution in [1.82, 2.24) is 15.5 Å². The Kier molecular flexibility index (Phi) is 3.26. The van der Waals surface area contributed by atoms with E-state index in [4.69, 9.17) is 5.73 Å². The van der Waals surface area contributed by atoms with Crippen LogP contribution in [-0.4, -0.2) is 22.1 Å². The van der Waals surface area contributed by atoms with Gasteiger partial charge < -0.3 is 11.1 Å². The maximum Gasteiger partial charge on any atom is 0.257 e. The van der Waals surface area contributed by atoms with Crippen molar-refractivity contribution in [1.29, 1.82) is 0 Å². The summed E-state index contributed by atoms with van der Waals surface area (Å²) < 4.78 is 0. The number of aromatic amines is 1. The van der Waals surface area contributed by atoms with Crippen LogP contribution in [0.4, 0.5) is 5.82 Å². The molecule has 90 valence electrons. The molecule has 0 aliphatic heterocycles. The van der Waals surface area contributed by atoms with Crippen molar-refractivity contribution in [2.45, 2.75) is 40.7 Å². The van der Waals surface area contributed by atoms with Crippen LogP contribution in [0.25, 0.3) is 0 Å². The van der Waals surface area contributed by atoms with Crippen LogP contribution in [-0.2, 0) is 0 Å². The van der Waals surface area contributed by atoms with Crippen molar-refractivity contribution in [3.8, 4) is 0 Å². The van der Waals surface area contributed by atoms with E-state index in [1.165, 1.54) is 0 Å². The van der Waals surface area contributed by atoms with Crippen molar-refractivity contribution < 1.29 is 4.79 Å². The first-order chi connectivity index (χ1) is 7.23. The lowest BCUT2D eigenvalue weighted by Gasteiger charge is -2.28. The minimum atomic E-state index is -0.175. The van der Waals surface area contributed by atoms with Gasteiger partial charge in [-0.25, -0.2) is 0 Å². The number of rotatable bonds is 2. The lowest BCUT2D eigenvalue weighted by Crippen LogP contribution is -2.41. The largest absolute Gasteiger partial charge is 0.382 e. The van der Waals surface area contributed by atoms with E-state index in [-0.39, 0.29) is 23.2 Å². The summed E-state index contributed by atoms with van der Waals surface area (Å²) in [7, 11) is 0. The molecule has 1 aromatic rings. The topological polar surface area (TPSA) is 83.8 Å². The lowest BCUT2D eigenvalue weighted by atomic mass is 9.88. The molecule has 0 saturated heterocycles. The summed E-state index contributed by atoms with van der Waals surface area (Å²) in [4.78, 5) is 12.0. The van der Waals surface area contributed by atoms with Crippen LogP contribution in [0.3, 0.4) is 0 Å². The van der Waals surface area contributed by atoms with Crippen LogP contribution in [0, 0.1) is 12.3 Å². The van der Waals surface area contributed by atoms with E-state index < -0.39 is 0 Å². The molecule has 0 spiro atoms. The molecule has 5 heteroatoms. The monoisotopic (exact) mass is 224 g/mol. The number of nitrogens with one attached hydrogen (secondary N) is 2. The predicted octanol–water partition coefficient (Wildman–Crippen LogP) is 1.46. The minimum Gasteiger partial charge on any atom is -0.382 e. The molecule has 0 saturated carbocycles. The zero-order valence-electron chi connectivity index (χ0n) is 10.5. The summed E-state index contributed by atoms with van der Waals surface area (Å²) in [6.07, 6.45) is 0. The molecule has 1 heterocycles. The first-order valence-electron chi connectivity index (χ1n) is 5.34. The van der Waals surface area contributed by atoms with Gasteiger partial charge in [0.1, 0.15) is 5.56 Å². The minimum absolute atomic E-state index is 0.0159. The van der Waals surface area contributed by atoms with Crippen molar-refractivity contribution >= 4 is 11.7 Å². The highest BCUT2D eigenvalue weighted by Gasteiger charge is 2.24. The molecule has 1 atom stereocenters. The van der Waals surface area contributed by atoms with Crippen molar-refractivity contribution in [3.63, 3.8) is 0 Å². The zero-order valence-corrected chi connectivity index (χ0v) is 10.5. The second kappa shape index (κ2) is 4.15. The zero-order chi connectivity index (χ0) is 12.5. The maximum absolute atomic E-state index is 12.0. The third kappa shape index (κ3) is 2.53. The highest BCUT2D eigenvalue weighted by Crippen LogP contribution is 2.20. The number of aryl methyl sites for hydroxylation is 1. The van der Waals surface area contributed by atoms with Crippen LogP contribution in [0.15, 0.2) is 0 Å². The second-order valence-corrected chi connectivity index (χ2v) is 5.17. The number of carbonyl (C=O) groups excluding carboxylic acids is 1. The third-order valence-electron chi connectivity index (χ3n) is 2.85. The van der Waals surface area contributed by atoms with Crippen LogP contribution < -0.4 is 11.1 Å². The second-order valence-electron chi connectivity index (χ2n) is 5.17. The molecular formula is C11H20N4O. The van der Waals surface area contributed by atoms with Gasteiger partial charge in [-0.2, -0.15) is 5.10 Å². The molecule has 0 fully saturated rings. The number of hydrogen-bond acceptors (Lipinski definition) is 3. The molecule has 4 N–H and O–H groups in total. The number of amides is 1.